The monoisotopic (exact) mass is 332 g/mol. The van der Waals surface area contributed by atoms with Gasteiger partial charge in [0.15, 0.2) is 6.10 Å². The molecule has 24 heavy (non-hydrogen) atoms. The fourth-order valence-electron chi connectivity index (χ4n) is 1.84. The summed E-state index contributed by atoms with van der Waals surface area (Å²) in [4.78, 5) is 34.5. The lowest BCUT2D eigenvalue weighted by Crippen LogP contribution is -2.33. The first-order valence-corrected chi connectivity index (χ1v) is 6.79. The Bertz CT molecular complexity index is 772. The van der Waals surface area contributed by atoms with Gasteiger partial charge in [0.25, 0.3) is 5.56 Å². The summed E-state index contributed by atoms with van der Waals surface area (Å²) in [6.45, 7) is 7.30. The third-order valence-corrected chi connectivity index (χ3v) is 3.01. The molecule has 0 bridgehead atoms. The summed E-state index contributed by atoms with van der Waals surface area (Å²) in [5, 5.41) is 19.1. The molecule has 126 valence electrons. The second kappa shape index (κ2) is 8.33. The van der Waals surface area contributed by atoms with E-state index in [1.165, 1.54) is 13.0 Å². The van der Waals surface area contributed by atoms with E-state index in [9.17, 15) is 19.5 Å². The van der Waals surface area contributed by atoms with Gasteiger partial charge in [-0.3, -0.25) is 9.36 Å². The first-order chi connectivity index (χ1) is 11.3. The number of aryl methyl sites for hydroxylation is 1. The summed E-state index contributed by atoms with van der Waals surface area (Å²) in [5.41, 5.74) is -0.362. The third kappa shape index (κ3) is 4.58. The molecule has 0 aliphatic rings. The SMILES string of the molecule is C=CC(=O)OCC(Cn1c(O)c(C#N)c(C)cc1=O)OC(=O)C=C. The lowest BCUT2D eigenvalue weighted by atomic mass is 10.1. The minimum absolute atomic E-state index is 0.0773. The van der Waals surface area contributed by atoms with Gasteiger partial charge < -0.3 is 14.6 Å². The maximum atomic E-state index is 12.0. The molecule has 8 heteroatoms. The van der Waals surface area contributed by atoms with E-state index in [0.29, 0.717) is 5.56 Å². The molecule has 0 fully saturated rings. The summed E-state index contributed by atoms with van der Waals surface area (Å²) >= 11 is 0. The lowest BCUT2D eigenvalue weighted by molar-refractivity contribution is -0.153. The van der Waals surface area contributed by atoms with Crippen LogP contribution in [0.15, 0.2) is 36.2 Å². The molecule has 0 aromatic carbocycles. The number of carbonyl (C=O) groups is 2. The number of hydrogen-bond acceptors (Lipinski definition) is 7. The molecule has 0 saturated carbocycles. The number of esters is 2. The van der Waals surface area contributed by atoms with Gasteiger partial charge in [-0.15, -0.1) is 0 Å². The fraction of sp³-hybridized carbons (Fsp3) is 0.250. The van der Waals surface area contributed by atoms with Gasteiger partial charge in [0, 0.05) is 18.2 Å². The first kappa shape index (κ1) is 18.7. The van der Waals surface area contributed by atoms with Gasteiger partial charge in [0.05, 0.1) is 6.54 Å². The van der Waals surface area contributed by atoms with Crippen molar-refractivity contribution in [3.05, 3.63) is 52.9 Å². The zero-order valence-corrected chi connectivity index (χ0v) is 13.0. The van der Waals surface area contributed by atoms with E-state index in [2.05, 4.69) is 13.2 Å². The van der Waals surface area contributed by atoms with E-state index < -0.39 is 29.5 Å². The summed E-state index contributed by atoms with van der Waals surface area (Å²) in [6.07, 6.45) is 0.758. The first-order valence-electron chi connectivity index (χ1n) is 6.79. The molecule has 0 aliphatic carbocycles. The molecule has 0 radical (unpaired) electrons. The summed E-state index contributed by atoms with van der Waals surface area (Å²) < 4.78 is 10.6. The van der Waals surface area contributed by atoms with Gasteiger partial charge in [0.2, 0.25) is 5.88 Å². The maximum absolute atomic E-state index is 12.0. The topological polar surface area (TPSA) is 119 Å². The van der Waals surface area contributed by atoms with Crippen molar-refractivity contribution in [3.63, 3.8) is 0 Å². The van der Waals surface area contributed by atoms with Crippen LogP contribution in [0.3, 0.4) is 0 Å². The predicted octanol–water partition coefficient (Wildman–Crippen LogP) is 0.561. The summed E-state index contributed by atoms with van der Waals surface area (Å²) in [7, 11) is 0. The highest BCUT2D eigenvalue weighted by molar-refractivity contribution is 5.82. The highest BCUT2D eigenvalue weighted by Crippen LogP contribution is 2.18. The van der Waals surface area contributed by atoms with E-state index in [1.807, 2.05) is 0 Å². The average molecular weight is 332 g/mol. The van der Waals surface area contributed by atoms with E-state index in [1.54, 1.807) is 6.07 Å². The van der Waals surface area contributed by atoms with Crippen LogP contribution in [-0.2, 0) is 25.6 Å². The van der Waals surface area contributed by atoms with E-state index in [0.717, 1.165) is 16.7 Å². The number of carbonyl (C=O) groups excluding carboxylic acids is 2. The summed E-state index contributed by atoms with van der Waals surface area (Å²) in [6, 6.07) is 2.95. The number of nitriles is 1. The fourth-order valence-corrected chi connectivity index (χ4v) is 1.84. The molecule has 0 saturated heterocycles. The van der Waals surface area contributed by atoms with E-state index in [4.69, 9.17) is 14.7 Å². The average Bonchev–Trinajstić information content (AvgIpc) is 2.55. The molecule has 1 unspecified atom stereocenters. The van der Waals surface area contributed by atoms with Crippen LogP contribution in [0, 0.1) is 18.3 Å². The zero-order valence-electron chi connectivity index (χ0n) is 13.0. The quantitative estimate of drug-likeness (QED) is 0.572. The van der Waals surface area contributed by atoms with Crippen LogP contribution in [0.5, 0.6) is 5.88 Å². The summed E-state index contributed by atoms with van der Waals surface area (Å²) in [5.74, 6) is -2.10. The predicted molar refractivity (Wildman–Crippen MR) is 83.1 cm³/mol. The molecule has 0 spiro atoms. The maximum Gasteiger partial charge on any atom is 0.330 e. The normalized spacial score (nSPS) is 11.0. The van der Waals surface area contributed by atoms with Crippen molar-refractivity contribution in [1.29, 1.82) is 5.26 Å². The molecule has 8 nitrogen and oxygen atoms in total. The molecule has 1 atom stereocenters. The highest BCUT2D eigenvalue weighted by Gasteiger charge is 2.20. The van der Waals surface area contributed by atoms with Crippen molar-refractivity contribution in [1.82, 2.24) is 4.57 Å². The Balaban J connectivity index is 3.13. The zero-order chi connectivity index (χ0) is 18.3. The van der Waals surface area contributed by atoms with Gasteiger partial charge in [-0.2, -0.15) is 5.26 Å². The van der Waals surface area contributed by atoms with Gasteiger partial charge in [0.1, 0.15) is 18.2 Å². The molecule has 1 heterocycles. The number of pyridine rings is 1. The Labute approximate surface area is 137 Å². The van der Waals surface area contributed by atoms with Crippen molar-refractivity contribution in [2.45, 2.75) is 19.6 Å². The van der Waals surface area contributed by atoms with Crippen LogP contribution in [0.4, 0.5) is 0 Å². The van der Waals surface area contributed by atoms with Crippen LogP contribution >= 0.6 is 0 Å². The largest absolute Gasteiger partial charge is 0.493 e. The molecule has 1 aromatic rings. The van der Waals surface area contributed by atoms with Crippen molar-refractivity contribution in [2.24, 2.45) is 0 Å². The van der Waals surface area contributed by atoms with Crippen molar-refractivity contribution in [2.75, 3.05) is 6.61 Å². The van der Waals surface area contributed by atoms with E-state index >= 15 is 0 Å². The number of aromatic nitrogens is 1. The molecular formula is C16H16N2O6. The lowest BCUT2D eigenvalue weighted by Gasteiger charge is -2.19. The Kier molecular flexibility index (Phi) is 6.50. The number of ether oxygens (including phenoxy) is 2. The molecule has 0 amide bonds. The standard InChI is InChI=1S/C16H16N2O6/c1-4-14(20)23-9-11(24-15(21)5-2)8-18-13(19)6-10(3)12(7-17)16(18)22/h4-6,11,22H,1-2,8-9H2,3H3. The van der Waals surface area contributed by atoms with Crippen LogP contribution in [-0.4, -0.2) is 34.3 Å². The molecular weight excluding hydrogens is 316 g/mol. The second-order valence-electron chi connectivity index (χ2n) is 4.68. The molecule has 1 N–H and O–H groups in total. The number of hydrogen-bond donors (Lipinski definition) is 1. The van der Waals surface area contributed by atoms with E-state index in [-0.39, 0.29) is 18.7 Å². The number of nitrogens with zero attached hydrogens (tertiary/aromatic N) is 2. The second-order valence-corrected chi connectivity index (χ2v) is 4.68. The number of aromatic hydroxyl groups is 1. The van der Waals surface area contributed by atoms with Crippen molar-refractivity contribution >= 4 is 11.9 Å². The van der Waals surface area contributed by atoms with Gasteiger partial charge >= 0.3 is 11.9 Å². The van der Waals surface area contributed by atoms with Crippen LogP contribution in [0.1, 0.15) is 11.1 Å². The van der Waals surface area contributed by atoms with Crippen molar-refractivity contribution in [3.8, 4) is 11.9 Å². The van der Waals surface area contributed by atoms with Crippen molar-refractivity contribution < 1.29 is 24.2 Å². The Morgan fingerprint density at radius 1 is 1.42 bits per heavy atom. The van der Waals surface area contributed by atoms with Crippen LogP contribution in [0.25, 0.3) is 0 Å². The van der Waals surface area contributed by atoms with Gasteiger partial charge in [-0.05, 0) is 12.5 Å². The van der Waals surface area contributed by atoms with Gasteiger partial charge in [-0.25, -0.2) is 9.59 Å². The third-order valence-electron chi connectivity index (χ3n) is 3.01. The smallest absolute Gasteiger partial charge is 0.330 e. The van der Waals surface area contributed by atoms with Crippen LogP contribution < -0.4 is 5.56 Å². The minimum atomic E-state index is -1.07. The molecule has 0 aliphatic heterocycles. The Morgan fingerprint density at radius 3 is 2.58 bits per heavy atom. The molecule has 1 rings (SSSR count). The minimum Gasteiger partial charge on any atom is -0.493 e. The van der Waals surface area contributed by atoms with Crippen LogP contribution in [0.2, 0.25) is 0 Å². The molecule has 1 aromatic heterocycles. The van der Waals surface area contributed by atoms with Gasteiger partial charge in [-0.1, -0.05) is 13.2 Å². The highest BCUT2D eigenvalue weighted by atomic mass is 16.6. The Hall–Kier alpha value is -3.34. The Morgan fingerprint density at radius 2 is 2.04 bits per heavy atom. The number of rotatable bonds is 7.